The van der Waals surface area contributed by atoms with Gasteiger partial charge in [-0.1, -0.05) is 27.7 Å². The van der Waals surface area contributed by atoms with Gasteiger partial charge in [0.15, 0.2) is 0 Å². The van der Waals surface area contributed by atoms with Crippen LogP contribution in [0.25, 0.3) is 0 Å². The lowest BCUT2D eigenvalue weighted by Crippen LogP contribution is -2.37. The summed E-state index contributed by atoms with van der Waals surface area (Å²) in [7, 11) is 0. The number of alkyl halides is 3. The summed E-state index contributed by atoms with van der Waals surface area (Å²) in [5.74, 6) is 0.472. The molecule has 1 aromatic rings. The predicted molar refractivity (Wildman–Crippen MR) is 71.8 cm³/mol. The van der Waals surface area contributed by atoms with Crippen LogP contribution in [0.4, 0.5) is 13.2 Å². The summed E-state index contributed by atoms with van der Waals surface area (Å²) in [5.41, 5.74) is -1.85. The van der Waals surface area contributed by atoms with Crippen molar-refractivity contribution in [2.45, 2.75) is 58.2 Å². The monoisotopic (exact) mass is 287 g/mol. The van der Waals surface area contributed by atoms with Gasteiger partial charge in [-0.15, -0.1) is 0 Å². The summed E-state index contributed by atoms with van der Waals surface area (Å²) in [6.45, 7) is 7.59. The van der Waals surface area contributed by atoms with Crippen LogP contribution >= 0.6 is 0 Å². The van der Waals surface area contributed by atoms with Crippen LogP contribution in [0.15, 0.2) is 17.1 Å². The third-order valence-corrected chi connectivity index (χ3v) is 3.96. The second-order valence-corrected chi connectivity index (χ2v) is 6.83. The Morgan fingerprint density at radius 1 is 1.20 bits per heavy atom. The molecule has 0 radical (unpaired) electrons. The van der Waals surface area contributed by atoms with E-state index in [9.17, 15) is 18.0 Å². The van der Waals surface area contributed by atoms with Crippen LogP contribution in [0.2, 0.25) is 0 Å². The van der Waals surface area contributed by atoms with E-state index in [4.69, 9.17) is 0 Å². The largest absolute Gasteiger partial charge is 0.421 e. The molecule has 0 aromatic carbocycles. The Morgan fingerprint density at radius 2 is 1.75 bits per heavy atom. The molecule has 20 heavy (non-hydrogen) atoms. The van der Waals surface area contributed by atoms with Gasteiger partial charge in [0.2, 0.25) is 0 Å². The topological polar surface area (TPSA) is 22.0 Å². The van der Waals surface area contributed by atoms with Crippen molar-refractivity contribution in [3.8, 4) is 0 Å². The van der Waals surface area contributed by atoms with E-state index in [-0.39, 0.29) is 6.04 Å². The van der Waals surface area contributed by atoms with E-state index < -0.39 is 22.7 Å². The van der Waals surface area contributed by atoms with Gasteiger partial charge in [-0.3, -0.25) is 4.79 Å². The smallest absolute Gasteiger partial charge is 0.312 e. The van der Waals surface area contributed by atoms with Crippen molar-refractivity contribution in [3.63, 3.8) is 0 Å². The lowest BCUT2D eigenvalue weighted by atomic mass is 9.81. The molecule has 5 heteroatoms. The third-order valence-electron chi connectivity index (χ3n) is 3.96. The minimum absolute atomic E-state index is 0.0964. The molecule has 1 fully saturated rings. The average Bonchev–Trinajstić information content (AvgIpc) is 2.22. The fourth-order valence-corrected chi connectivity index (χ4v) is 2.57. The highest BCUT2D eigenvalue weighted by molar-refractivity contribution is 5.27. The first-order valence-electron chi connectivity index (χ1n) is 6.84. The first-order chi connectivity index (χ1) is 9.00. The Balaban J connectivity index is 2.59. The predicted octanol–water partition coefficient (Wildman–Crippen LogP) is 4.14. The van der Waals surface area contributed by atoms with Crippen LogP contribution in [-0.4, -0.2) is 4.57 Å². The van der Waals surface area contributed by atoms with Gasteiger partial charge in [-0.2, -0.15) is 13.2 Å². The minimum atomic E-state index is -4.60. The molecule has 112 valence electrons. The molecule has 0 N–H and O–H groups in total. The van der Waals surface area contributed by atoms with E-state index >= 15 is 0 Å². The number of aromatic nitrogens is 1. The SMILES string of the molecule is CC1CC(n2cc(C(C)(C)C)cc(C(F)(F)F)c2=O)C1. The quantitative estimate of drug-likeness (QED) is 0.761. The van der Waals surface area contributed by atoms with Crippen molar-refractivity contribution >= 4 is 0 Å². The highest BCUT2D eigenvalue weighted by Gasteiger charge is 2.38. The fourth-order valence-electron chi connectivity index (χ4n) is 2.57. The number of rotatable bonds is 1. The van der Waals surface area contributed by atoms with Gasteiger partial charge < -0.3 is 4.57 Å². The van der Waals surface area contributed by atoms with Gasteiger partial charge in [0.25, 0.3) is 5.56 Å². The highest BCUT2D eigenvalue weighted by atomic mass is 19.4. The van der Waals surface area contributed by atoms with E-state index in [1.165, 1.54) is 4.57 Å². The van der Waals surface area contributed by atoms with Crippen LogP contribution in [0, 0.1) is 5.92 Å². The number of halogens is 3. The van der Waals surface area contributed by atoms with Crippen LogP contribution in [0.3, 0.4) is 0 Å². The molecule has 0 spiro atoms. The normalized spacial score (nSPS) is 23.6. The molecule has 1 aromatic heterocycles. The maximum absolute atomic E-state index is 13.0. The lowest BCUT2D eigenvalue weighted by Gasteiger charge is -2.35. The van der Waals surface area contributed by atoms with Crippen LogP contribution in [0.5, 0.6) is 0 Å². The molecule has 1 aliphatic carbocycles. The Bertz CT molecular complexity index is 560. The molecule has 0 unspecified atom stereocenters. The maximum Gasteiger partial charge on any atom is 0.421 e. The standard InChI is InChI=1S/C15H20F3NO/c1-9-5-11(6-9)19-8-10(14(2,3)4)7-12(13(19)20)15(16,17)18/h7-9,11H,5-6H2,1-4H3. The van der Waals surface area contributed by atoms with Crippen LogP contribution in [0.1, 0.15) is 57.7 Å². The zero-order chi connectivity index (χ0) is 15.3. The van der Waals surface area contributed by atoms with Gasteiger partial charge in [0.1, 0.15) is 5.56 Å². The molecule has 0 saturated heterocycles. The van der Waals surface area contributed by atoms with Crippen molar-refractivity contribution in [3.05, 3.63) is 33.7 Å². The average molecular weight is 287 g/mol. The van der Waals surface area contributed by atoms with Crippen molar-refractivity contribution in [1.82, 2.24) is 4.57 Å². The maximum atomic E-state index is 13.0. The van der Waals surface area contributed by atoms with Crippen molar-refractivity contribution in [2.75, 3.05) is 0 Å². The summed E-state index contributed by atoms with van der Waals surface area (Å²) in [5, 5.41) is 0. The molecule has 0 amide bonds. The Hall–Kier alpha value is -1.26. The van der Waals surface area contributed by atoms with Crippen LogP contribution in [-0.2, 0) is 11.6 Å². The van der Waals surface area contributed by atoms with Gasteiger partial charge in [-0.25, -0.2) is 0 Å². The second-order valence-electron chi connectivity index (χ2n) is 6.83. The molecule has 0 atom stereocenters. The van der Waals surface area contributed by atoms with E-state index in [2.05, 4.69) is 0 Å². The number of hydrogen-bond donors (Lipinski definition) is 0. The molecular formula is C15H20F3NO. The number of nitrogens with zero attached hydrogens (tertiary/aromatic N) is 1. The summed E-state index contributed by atoms with van der Waals surface area (Å²) in [6.07, 6.45) is -1.46. The molecule has 1 saturated carbocycles. The summed E-state index contributed by atoms with van der Waals surface area (Å²) in [6, 6.07) is 0.905. The lowest BCUT2D eigenvalue weighted by molar-refractivity contribution is -0.139. The molecule has 0 aliphatic heterocycles. The van der Waals surface area contributed by atoms with Gasteiger partial charge >= 0.3 is 6.18 Å². The molecule has 2 nitrogen and oxygen atoms in total. The van der Waals surface area contributed by atoms with E-state index in [0.29, 0.717) is 11.5 Å². The highest BCUT2D eigenvalue weighted by Crippen LogP contribution is 2.38. The molecule has 2 rings (SSSR count). The van der Waals surface area contributed by atoms with Gasteiger partial charge in [-0.05, 0) is 35.8 Å². The summed E-state index contributed by atoms with van der Waals surface area (Å²) >= 11 is 0. The fraction of sp³-hybridized carbons (Fsp3) is 0.667. The Kier molecular flexibility index (Phi) is 3.51. The summed E-state index contributed by atoms with van der Waals surface area (Å²) < 4.78 is 40.4. The van der Waals surface area contributed by atoms with E-state index in [0.717, 1.165) is 18.9 Å². The number of hydrogen-bond acceptors (Lipinski definition) is 1. The third kappa shape index (κ3) is 2.76. The molecular weight excluding hydrogens is 267 g/mol. The van der Waals surface area contributed by atoms with Crippen LogP contribution < -0.4 is 5.56 Å². The number of pyridine rings is 1. The molecule has 1 aliphatic rings. The first kappa shape index (κ1) is 15.1. The first-order valence-corrected chi connectivity index (χ1v) is 6.84. The van der Waals surface area contributed by atoms with E-state index in [1.54, 1.807) is 6.20 Å². The molecule has 0 bridgehead atoms. The zero-order valence-electron chi connectivity index (χ0n) is 12.2. The molecule has 1 heterocycles. The van der Waals surface area contributed by atoms with Crippen molar-refractivity contribution in [2.24, 2.45) is 5.92 Å². The summed E-state index contributed by atoms with van der Waals surface area (Å²) in [4.78, 5) is 12.1. The van der Waals surface area contributed by atoms with E-state index in [1.807, 2.05) is 27.7 Å². The van der Waals surface area contributed by atoms with Gasteiger partial charge in [0, 0.05) is 12.2 Å². The zero-order valence-corrected chi connectivity index (χ0v) is 12.2. The Morgan fingerprint density at radius 3 is 2.15 bits per heavy atom. The van der Waals surface area contributed by atoms with Crippen molar-refractivity contribution in [1.29, 1.82) is 0 Å². The minimum Gasteiger partial charge on any atom is -0.312 e. The van der Waals surface area contributed by atoms with Crippen molar-refractivity contribution < 1.29 is 13.2 Å². The second kappa shape index (κ2) is 4.64. The van der Waals surface area contributed by atoms with Gasteiger partial charge in [0.05, 0.1) is 0 Å². The Labute approximate surface area is 116 Å².